The zero-order valence-electron chi connectivity index (χ0n) is 8.01. The summed E-state index contributed by atoms with van der Waals surface area (Å²) in [6.07, 6.45) is 7.47. The van der Waals surface area contributed by atoms with Crippen molar-refractivity contribution in [2.24, 2.45) is 0 Å². The van der Waals surface area contributed by atoms with Gasteiger partial charge in [-0.05, 0) is 13.3 Å². The van der Waals surface area contributed by atoms with Crippen LogP contribution in [-0.2, 0) is 9.53 Å². The molecule has 0 aliphatic heterocycles. The van der Waals surface area contributed by atoms with Gasteiger partial charge in [0.05, 0.1) is 0 Å². The molecule has 0 aromatic heterocycles. The molecular weight excluding hydrogens is 152 g/mol. The number of carbonyl (C=O) groups is 1. The summed E-state index contributed by atoms with van der Waals surface area (Å²) in [5, 5.41) is 0. The molecule has 0 rings (SSSR count). The van der Waals surface area contributed by atoms with Crippen molar-refractivity contribution in [2.45, 2.75) is 39.5 Å². The summed E-state index contributed by atoms with van der Waals surface area (Å²) in [6.45, 7) is 4.44. The number of hydrogen-bond acceptors (Lipinski definition) is 2. The Bertz CT molecular complexity index is 139. The fourth-order valence-electron chi connectivity index (χ4n) is 0.829. The summed E-state index contributed by atoms with van der Waals surface area (Å²) in [5.74, 6) is -0.0819. The van der Waals surface area contributed by atoms with Crippen LogP contribution in [0.1, 0.15) is 39.5 Å². The molecule has 0 bridgehead atoms. The number of unbranched alkanes of at least 4 members (excludes halogenated alkanes) is 2. The van der Waals surface area contributed by atoms with Crippen LogP contribution in [0, 0.1) is 0 Å². The lowest BCUT2D eigenvalue weighted by atomic mass is 10.2. The molecule has 0 spiro atoms. The first kappa shape index (κ1) is 11.2. The summed E-state index contributed by atoms with van der Waals surface area (Å²) >= 11 is 0. The molecule has 2 heteroatoms. The first-order valence-electron chi connectivity index (χ1n) is 4.58. The molecule has 0 heterocycles. The van der Waals surface area contributed by atoms with E-state index in [-0.39, 0.29) is 5.97 Å². The lowest BCUT2D eigenvalue weighted by molar-refractivity contribution is -0.142. The van der Waals surface area contributed by atoms with Crippen molar-refractivity contribution in [3.63, 3.8) is 0 Å². The van der Waals surface area contributed by atoms with Crippen molar-refractivity contribution in [1.82, 2.24) is 0 Å². The van der Waals surface area contributed by atoms with Gasteiger partial charge >= 0.3 is 5.97 Å². The molecule has 0 amide bonds. The first-order valence-corrected chi connectivity index (χ1v) is 4.58. The van der Waals surface area contributed by atoms with Crippen LogP contribution in [0.4, 0.5) is 0 Å². The highest BCUT2D eigenvalue weighted by molar-refractivity contribution is 5.69. The van der Waals surface area contributed by atoms with Crippen LogP contribution in [-0.4, -0.2) is 12.6 Å². The Morgan fingerprint density at radius 1 is 1.42 bits per heavy atom. The lowest BCUT2D eigenvalue weighted by Crippen LogP contribution is -2.03. The number of ether oxygens (including phenoxy) is 1. The predicted octanol–water partition coefficient (Wildman–Crippen LogP) is 2.69. The van der Waals surface area contributed by atoms with Crippen molar-refractivity contribution in [1.29, 1.82) is 0 Å². The molecule has 0 atom stereocenters. The third-order valence-corrected chi connectivity index (χ3v) is 1.56. The van der Waals surface area contributed by atoms with Crippen molar-refractivity contribution < 1.29 is 9.53 Å². The molecule has 0 aliphatic carbocycles. The van der Waals surface area contributed by atoms with E-state index in [0.717, 1.165) is 19.3 Å². The minimum Gasteiger partial charge on any atom is -0.461 e. The van der Waals surface area contributed by atoms with Crippen molar-refractivity contribution >= 4 is 5.97 Å². The molecule has 0 radical (unpaired) electrons. The van der Waals surface area contributed by atoms with Gasteiger partial charge in [-0.3, -0.25) is 4.79 Å². The predicted molar refractivity (Wildman–Crippen MR) is 49.9 cm³/mol. The van der Waals surface area contributed by atoms with Crippen LogP contribution >= 0.6 is 0 Å². The van der Waals surface area contributed by atoms with E-state index in [9.17, 15) is 4.79 Å². The third-order valence-electron chi connectivity index (χ3n) is 1.56. The number of carbonyl (C=O) groups excluding carboxylic acids is 1. The average Bonchev–Trinajstić information content (AvgIpc) is 2.06. The van der Waals surface area contributed by atoms with E-state index in [1.807, 2.05) is 19.1 Å². The van der Waals surface area contributed by atoms with E-state index in [0.29, 0.717) is 13.0 Å². The third kappa shape index (κ3) is 7.32. The highest BCUT2D eigenvalue weighted by Gasteiger charge is 1.99. The van der Waals surface area contributed by atoms with Crippen molar-refractivity contribution in [3.8, 4) is 0 Å². The van der Waals surface area contributed by atoms with Gasteiger partial charge in [0.25, 0.3) is 0 Å². The highest BCUT2D eigenvalue weighted by atomic mass is 16.5. The molecule has 0 aromatic carbocycles. The summed E-state index contributed by atoms with van der Waals surface area (Å²) in [4.78, 5) is 10.9. The number of allylic oxidation sites excluding steroid dienone is 1. The van der Waals surface area contributed by atoms with Gasteiger partial charge in [-0.15, -0.1) is 0 Å². The molecule has 70 valence electrons. The maximum atomic E-state index is 10.9. The smallest absolute Gasteiger partial charge is 0.306 e. The highest BCUT2D eigenvalue weighted by Crippen LogP contribution is 2.00. The van der Waals surface area contributed by atoms with Gasteiger partial charge in [0.1, 0.15) is 6.61 Å². The van der Waals surface area contributed by atoms with Gasteiger partial charge in [-0.1, -0.05) is 31.9 Å². The van der Waals surface area contributed by atoms with E-state index in [1.165, 1.54) is 0 Å². The second kappa shape index (κ2) is 8.31. The van der Waals surface area contributed by atoms with Crippen LogP contribution < -0.4 is 0 Å². The maximum absolute atomic E-state index is 10.9. The van der Waals surface area contributed by atoms with Crippen LogP contribution in [0.2, 0.25) is 0 Å². The molecule has 0 unspecified atom stereocenters. The van der Waals surface area contributed by atoms with Crippen molar-refractivity contribution in [2.75, 3.05) is 6.61 Å². The van der Waals surface area contributed by atoms with E-state index >= 15 is 0 Å². The Morgan fingerprint density at radius 2 is 2.17 bits per heavy atom. The summed E-state index contributed by atoms with van der Waals surface area (Å²) in [6, 6.07) is 0. The SMILES string of the molecule is C/C=C/COC(=O)CCCCC. The van der Waals surface area contributed by atoms with E-state index in [2.05, 4.69) is 6.92 Å². The first-order chi connectivity index (χ1) is 5.81. The summed E-state index contributed by atoms with van der Waals surface area (Å²) in [7, 11) is 0. The van der Waals surface area contributed by atoms with Gasteiger partial charge in [0.2, 0.25) is 0 Å². The Balaban J connectivity index is 3.21. The quantitative estimate of drug-likeness (QED) is 0.348. The summed E-state index contributed by atoms with van der Waals surface area (Å²) in [5.41, 5.74) is 0. The Morgan fingerprint density at radius 3 is 2.75 bits per heavy atom. The van der Waals surface area contributed by atoms with Gasteiger partial charge < -0.3 is 4.74 Å². The van der Waals surface area contributed by atoms with Crippen LogP contribution in [0.5, 0.6) is 0 Å². The Hall–Kier alpha value is -0.790. The van der Waals surface area contributed by atoms with Gasteiger partial charge in [-0.25, -0.2) is 0 Å². The minimum atomic E-state index is -0.0819. The standard InChI is InChI=1S/C10H18O2/c1-3-5-7-8-10(11)12-9-6-4-2/h4,6H,3,5,7-9H2,1-2H3/b6-4+. The van der Waals surface area contributed by atoms with Crippen LogP contribution in [0.3, 0.4) is 0 Å². The molecule has 0 saturated heterocycles. The van der Waals surface area contributed by atoms with E-state index < -0.39 is 0 Å². The zero-order chi connectivity index (χ0) is 9.23. The lowest BCUT2D eigenvalue weighted by Gasteiger charge is -2.00. The number of rotatable bonds is 6. The Kier molecular flexibility index (Phi) is 7.76. The van der Waals surface area contributed by atoms with Crippen molar-refractivity contribution in [3.05, 3.63) is 12.2 Å². The average molecular weight is 170 g/mol. The van der Waals surface area contributed by atoms with E-state index in [4.69, 9.17) is 4.74 Å². The van der Waals surface area contributed by atoms with E-state index in [1.54, 1.807) is 0 Å². The van der Waals surface area contributed by atoms with Gasteiger partial charge in [0.15, 0.2) is 0 Å². The summed E-state index contributed by atoms with van der Waals surface area (Å²) < 4.78 is 4.90. The molecule has 0 aromatic rings. The van der Waals surface area contributed by atoms with Gasteiger partial charge in [-0.2, -0.15) is 0 Å². The fourth-order valence-corrected chi connectivity index (χ4v) is 0.829. The topological polar surface area (TPSA) is 26.3 Å². The largest absolute Gasteiger partial charge is 0.461 e. The maximum Gasteiger partial charge on any atom is 0.306 e. The second-order valence-electron chi connectivity index (χ2n) is 2.71. The molecule has 2 nitrogen and oxygen atoms in total. The number of hydrogen-bond donors (Lipinski definition) is 0. The molecule has 0 aliphatic rings. The van der Waals surface area contributed by atoms with Crippen LogP contribution in [0.15, 0.2) is 12.2 Å². The van der Waals surface area contributed by atoms with Crippen LogP contribution in [0.25, 0.3) is 0 Å². The molecule has 0 fully saturated rings. The minimum absolute atomic E-state index is 0.0819. The fraction of sp³-hybridized carbons (Fsp3) is 0.700. The second-order valence-corrected chi connectivity index (χ2v) is 2.71. The number of esters is 1. The Labute approximate surface area is 74.6 Å². The van der Waals surface area contributed by atoms with Gasteiger partial charge in [0, 0.05) is 6.42 Å². The molecular formula is C10H18O2. The zero-order valence-corrected chi connectivity index (χ0v) is 8.01. The molecule has 0 saturated carbocycles. The molecule has 12 heavy (non-hydrogen) atoms. The normalized spacial score (nSPS) is 10.5. The monoisotopic (exact) mass is 170 g/mol. The molecule has 0 N–H and O–H groups in total.